The molecule has 0 aliphatic heterocycles. The summed E-state index contributed by atoms with van der Waals surface area (Å²) in [6, 6.07) is 7.21. The Morgan fingerprint density at radius 3 is 2.90 bits per heavy atom. The number of aryl methyl sites for hydroxylation is 1. The third kappa shape index (κ3) is 4.19. The molecule has 0 radical (unpaired) electrons. The zero-order valence-corrected chi connectivity index (χ0v) is 13.2. The van der Waals surface area contributed by atoms with Crippen LogP contribution in [0.1, 0.15) is 19.0 Å². The van der Waals surface area contributed by atoms with Gasteiger partial charge < -0.3 is 15.4 Å². The summed E-state index contributed by atoms with van der Waals surface area (Å²) in [5, 5.41) is 8.59. The maximum Gasteiger partial charge on any atom is 0.248 e. The topological polar surface area (TPSA) is 63.2 Å². The largest absolute Gasteiger partial charge is 0.497 e. The predicted octanol–water partition coefficient (Wildman–Crippen LogP) is 3.29. The number of hydrogen-bond acceptors (Lipinski definition) is 5. The van der Waals surface area contributed by atoms with Crippen LogP contribution in [-0.2, 0) is 4.79 Å². The Bertz CT molecular complexity index is 612. The third-order valence-corrected chi connectivity index (χ3v) is 3.86. The van der Waals surface area contributed by atoms with Gasteiger partial charge in [-0.2, -0.15) is 0 Å². The lowest BCUT2D eigenvalue weighted by Gasteiger charge is -2.17. The van der Waals surface area contributed by atoms with Crippen molar-refractivity contribution in [2.45, 2.75) is 26.3 Å². The minimum Gasteiger partial charge on any atom is -0.497 e. The fourth-order valence-electron chi connectivity index (χ4n) is 1.87. The summed E-state index contributed by atoms with van der Waals surface area (Å²) in [5.41, 5.74) is 1.76. The second-order valence-electron chi connectivity index (χ2n) is 4.62. The predicted molar refractivity (Wildman–Crippen MR) is 86.2 cm³/mol. The van der Waals surface area contributed by atoms with Gasteiger partial charge in [0, 0.05) is 17.1 Å². The zero-order valence-electron chi connectivity index (χ0n) is 12.3. The average Bonchev–Trinajstić information content (AvgIpc) is 2.90. The number of benzene rings is 1. The van der Waals surface area contributed by atoms with Gasteiger partial charge >= 0.3 is 0 Å². The molecule has 0 saturated heterocycles. The van der Waals surface area contributed by atoms with Crippen LogP contribution >= 0.6 is 11.3 Å². The van der Waals surface area contributed by atoms with E-state index in [1.54, 1.807) is 7.11 Å². The van der Waals surface area contributed by atoms with Crippen molar-refractivity contribution in [2.75, 3.05) is 17.7 Å². The normalized spacial score (nSPS) is 11.8. The lowest BCUT2D eigenvalue weighted by Crippen LogP contribution is -2.34. The molecule has 1 atom stereocenters. The van der Waals surface area contributed by atoms with E-state index in [1.807, 2.05) is 43.5 Å². The maximum atomic E-state index is 12.3. The molecule has 1 aromatic heterocycles. The molecule has 0 aliphatic rings. The first-order valence-corrected chi connectivity index (χ1v) is 7.64. The van der Waals surface area contributed by atoms with E-state index in [-0.39, 0.29) is 11.9 Å². The van der Waals surface area contributed by atoms with Crippen LogP contribution in [0.5, 0.6) is 5.75 Å². The Morgan fingerprint density at radius 2 is 2.29 bits per heavy atom. The van der Waals surface area contributed by atoms with Gasteiger partial charge in [0.2, 0.25) is 5.91 Å². The Morgan fingerprint density at radius 1 is 1.48 bits per heavy atom. The van der Waals surface area contributed by atoms with Crippen LogP contribution in [0.3, 0.4) is 0 Å². The van der Waals surface area contributed by atoms with Gasteiger partial charge in [0.25, 0.3) is 0 Å². The SMILES string of the molecule is CC[C@H](Nc1cccc(OC)c1)C(=O)Nc1nc(C)cs1. The number of methoxy groups -OCH3 is 1. The number of carbonyl (C=O) groups excluding carboxylic acids is 1. The number of nitrogens with one attached hydrogen (secondary N) is 2. The Kier molecular flexibility index (Phi) is 5.16. The van der Waals surface area contributed by atoms with E-state index in [2.05, 4.69) is 15.6 Å². The first-order valence-electron chi connectivity index (χ1n) is 6.76. The van der Waals surface area contributed by atoms with Crippen molar-refractivity contribution in [2.24, 2.45) is 0 Å². The minimum atomic E-state index is -0.318. The average molecular weight is 305 g/mol. The molecule has 0 fully saturated rings. The molecule has 0 bridgehead atoms. The molecular formula is C15H19N3O2S. The number of carbonyl (C=O) groups is 1. The fourth-order valence-corrected chi connectivity index (χ4v) is 2.56. The van der Waals surface area contributed by atoms with Crippen molar-refractivity contribution in [3.05, 3.63) is 35.3 Å². The van der Waals surface area contributed by atoms with Crippen LogP contribution in [0.25, 0.3) is 0 Å². The minimum absolute atomic E-state index is 0.0883. The van der Waals surface area contributed by atoms with Gasteiger partial charge in [-0.25, -0.2) is 4.98 Å². The second kappa shape index (κ2) is 7.08. The highest BCUT2D eigenvalue weighted by atomic mass is 32.1. The smallest absolute Gasteiger partial charge is 0.248 e. The van der Waals surface area contributed by atoms with Crippen molar-refractivity contribution < 1.29 is 9.53 Å². The van der Waals surface area contributed by atoms with Crippen LogP contribution in [-0.4, -0.2) is 24.0 Å². The summed E-state index contributed by atoms with van der Waals surface area (Å²) in [7, 11) is 1.62. The Hall–Kier alpha value is -2.08. The van der Waals surface area contributed by atoms with E-state index in [0.717, 1.165) is 17.1 Å². The second-order valence-corrected chi connectivity index (χ2v) is 5.48. The molecule has 1 amide bonds. The Labute approximate surface area is 128 Å². The van der Waals surface area contributed by atoms with Crippen molar-refractivity contribution >= 4 is 28.1 Å². The van der Waals surface area contributed by atoms with Gasteiger partial charge in [0.1, 0.15) is 11.8 Å². The summed E-state index contributed by atoms with van der Waals surface area (Å²) in [5.74, 6) is 0.667. The number of amides is 1. The van der Waals surface area contributed by atoms with Crippen molar-refractivity contribution in [1.29, 1.82) is 0 Å². The maximum absolute atomic E-state index is 12.3. The highest BCUT2D eigenvalue weighted by Crippen LogP contribution is 2.19. The molecule has 0 unspecified atom stereocenters. The third-order valence-electron chi connectivity index (χ3n) is 2.98. The van der Waals surface area contributed by atoms with Crippen LogP contribution in [0.2, 0.25) is 0 Å². The molecule has 6 heteroatoms. The zero-order chi connectivity index (χ0) is 15.2. The van der Waals surface area contributed by atoms with Gasteiger partial charge in [-0.3, -0.25) is 4.79 Å². The molecule has 1 heterocycles. The molecule has 2 aromatic rings. The summed E-state index contributed by atoms with van der Waals surface area (Å²) in [6.07, 6.45) is 0.674. The number of ether oxygens (including phenoxy) is 1. The summed E-state index contributed by atoms with van der Waals surface area (Å²) >= 11 is 1.43. The first-order chi connectivity index (χ1) is 10.1. The highest BCUT2D eigenvalue weighted by molar-refractivity contribution is 7.13. The van der Waals surface area contributed by atoms with E-state index in [0.29, 0.717) is 11.6 Å². The van der Waals surface area contributed by atoms with Gasteiger partial charge in [-0.15, -0.1) is 11.3 Å². The summed E-state index contributed by atoms with van der Waals surface area (Å²) in [6.45, 7) is 3.86. The van der Waals surface area contributed by atoms with E-state index in [1.165, 1.54) is 11.3 Å². The molecule has 0 saturated carbocycles. The molecule has 1 aromatic carbocycles. The van der Waals surface area contributed by atoms with E-state index >= 15 is 0 Å². The molecule has 0 aliphatic carbocycles. The molecule has 2 N–H and O–H groups in total. The highest BCUT2D eigenvalue weighted by Gasteiger charge is 2.17. The molecule has 112 valence electrons. The lowest BCUT2D eigenvalue weighted by molar-refractivity contribution is -0.116. The van der Waals surface area contributed by atoms with E-state index < -0.39 is 0 Å². The van der Waals surface area contributed by atoms with Gasteiger partial charge in [0.15, 0.2) is 5.13 Å². The number of aromatic nitrogens is 1. The fraction of sp³-hybridized carbons (Fsp3) is 0.333. The van der Waals surface area contributed by atoms with Crippen molar-refractivity contribution in [1.82, 2.24) is 4.98 Å². The van der Waals surface area contributed by atoms with Crippen LogP contribution in [0.4, 0.5) is 10.8 Å². The Balaban J connectivity index is 2.02. The van der Waals surface area contributed by atoms with Gasteiger partial charge in [-0.1, -0.05) is 13.0 Å². The quantitative estimate of drug-likeness (QED) is 0.859. The first kappa shape index (κ1) is 15.3. The van der Waals surface area contributed by atoms with Crippen LogP contribution < -0.4 is 15.4 Å². The lowest BCUT2D eigenvalue weighted by atomic mass is 10.2. The summed E-state index contributed by atoms with van der Waals surface area (Å²) in [4.78, 5) is 16.5. The number of rotatable bonds is 6. The summed E-state index contributed by atoms with van der Waals surface area (Å²) < 4.78 is 5.18. The molecule has 2 rings (SSSR count). The molecule has 5 nitrogen and oxygen atoms in total. The van der Waals surface area contributed by atoms with E-state index in [9.17, 15) is 4.79 Å². The standard InChI is InChI=1S/C15H19N3O2S/c1-4-13(14(19)18-15-16-10(2)9-21-15)17-11-6-5-7-12(8-11)20-3/h5-9,13,17H,4H2,1-3H3,(H,16,18,19)/t13-/m0/s1. The van der Waals surface area contributed by atoms with Crippen molar-refractivity contribution in [3.8, 4) is 5.75 Å². The van der Waals surface area contributed by atoms with Gasteiger partial charge in [-0.05, 0) is 25.5 Å². The van der Waals surface area contributed by atoms with Crippen molar-refractivity contribution in [3.63, 3.8) is 0 Å². The van der Waals surface area contributed by atoms with Crippen LogP contribution in [0.15, 0.2) is 29.6 Å². The number of thiazole rings is 1. The van der Waals surface area contributed by atoms with Crippen LogP contribution in [0, 0.1) is 6.92 Å². The molecule has 0 spiro atoms. The van der Waals surface area contributed by atoms with Gasteiger partial charge in [0.05, 0.1) is 12.8 Å². The molecule has 21 heavy (non-hydrogen) atoms. The number of anilines is 2. The molecular weight excluding hydrogens is 286 g/mol. The number of hydrogen-bond donors (Lipinski definition) is 2. The number of nitrogens with zero attached hydrogens (tertiary/aromatic N) is 1. The van der Waals surface area contributed by atoms with E-state index in [4.69, 9.17) is 4.74 Å². The monoisotopic (exact) mass is 305 g/mol.